The van der Waals surface area contributed by atoms with E-state index in [9.17, 15) is 5.11 Å². The molecule has 0 spiro atoms. The maximum absolute atomic E-state index is 9.73. The van der Waals surface area contributed by atoms with Gasteiger partial charge >= 0.3 is 0 Å². The van der Waals surface area contributed by atoms with Gasteiger partial charge in [-0.1, -0.05) is 35.4 Å². The van der Waals surface area contributed by atoms with Crippen molar-refractivity contribution in [1.29, 1.82) is 0 Å². The average Bonchev–Trinajstić information content (AvgIpc) is 2.40. The van der Waals surface area contributed by atoms with Gasteiger partial charge in [0.05, 0.1) is 10.0 Å². The van der Waals surface area contributed by atoms with E-state index in [0.717, 1.165) is 13.0 Å². The third-order valence-electron chi connectivity index (χ3n) is 2.44. The number of allylic oxidation sites excluding steroid dienone is 1. The zero-order valence-corrected chi connectivity index (χ0v) is 12.4. The summed E-state index contributed by atoms with van der Waals surface area (Å²) >= 11 is 11.7. The smallest absolute Gasteiger partial charge is 0.121 e. The van der Waals surface area contributed by atoms with E-state index in [1.54, 1.807) is 18.2 Å². The van der Waals surface area contributed by atoms with Crippen LogP contribution in [0.5, 0.6) is 5.75 Å². The number of benzene rings is 1. The minimum absolute atomic E-state index is 0.217. The molecule has 19 heavy (non-hydrogen) atoms. The van der Waals surface area contributed by atoms with Gasteiger partial charge in [0.15, 0.2) is 0 Å². The monoisotopic (exact) mass is 303 g/mol. The number of ether oxygens (including phenoxy) is 1. The fourth-order valence-electron chi connectivity index (χ4n) is 1.44. The number of rotatable bonds is 8. The Labute approximate surface area is 124 Å². The van der Waals surface area contributed by atoms with Gasteiger partial charge in [-0.05, 0) is 32.0 Å². The van der Waals surface area contributed by atoms with E-state index < -0.39 is 6.10 Å². The number of nitrogens with one attached hydrogen (secondary N) is 1. The molecule has 0 fully saturated rings. The van der Waals surface area contributed by atoms with E-state index in [2.05, 4.69) is 11.4 Å². The van der Waals surface area contributed by atoms with Crippen molar-refractivity contribution in [3.8, 4) is 5.75 Å². The Kier molecular flexibility index (Phi) is 7.91. The fourth-order valence-corrected chi connectivity index (χ4v) is 1.73. The maximum Gasteiger partial charge on any atom is 0.121 e. The molecule has 106 valence electrons. The van der Waals surface area contributed by atoms with Gasteiger partial charge in [0.25, 0.3) is 0 Å². The molecular weight excluding hydrogens is 285 g/mol. The van der Waals surface area contributed by atoms with Crippen LogP contribution in [0, 0.1) is 0 Å². The van der Waals surface area contributed by atoms with Crippen molar-refractivity contribution in [3.63, 3.8) is 0 Å². The average molecular weight is 304 g/mol. The van der Waals surface area contributed by atoms with Crippen molar-refractivity contribution in [2.24, 2.45) is 0 Å². The summed E-state index contributed by atoms with van der Waals surface area (Å²) in [7, 11) is 0. The van der Waals surface area contributed by atoms with Gasteiger partial charge in [0.1, 0.15) is 18.5 Å². The zero-order chi connectivity index (χ0) is 14.1. The van der Waals surface area contributed by atoms with Crippen LogP contribution in [0.15, 0.2) is 30.4 Å². The first-order valence-electron chi connectivity index (χ1n) is 6.21. The summed E-state index contributed by atoms with van der Waals surface area (Å²) in [5.41, 5.74) is 0. The molecule has 1 aromatic carbocycles. The van der Waals surface area contributed by atoms with Crippen molar-refractivity contribution in [1.82, 2.24) is 5.32 Å². The quantitative estimate of drug-likeness (QED) is 0.572. The van der Waals surface area contributed by atoms with Crippen LogP contribution in [-0.4, -0.2) is 30.9 Å². The van der Waals surface area contributed by atoms with Gasteiger partial charge < -0.3 is 15.2 Å². The molecule has 5 heteroatoms. The summed E-state index contributed by atoms with van der Waals surface area (Å²) in [6.45, 7) is 3.54. The summed E-state index contributed by atoms with van der Waals surface area (Å²) in [6.07, 6.45) is 4.48. The standard InChI is InChI=1S/C14H19Cl2NO2/c1-2-3-4-7-17-9-11(18)10-19-12-5-6-13(15)14(16)8-12/h2-3,5-6,8,11,17-18H,4,7,9-10H2,1H3/b3-2+. The molecule has 0 aromatic heterocycles. The first-order valence-corrected chi connectivity index (χ1v) is 6.97. The SMILES string of the molecule is C/C=C/CCNCC(O)COc1ccc(Cl)c(Cl)c1. The van der Waals surface area contributed by atoms with Crippen molar-refractivity contribution < 1.29 is 9.84 Å². The predicted octanol–water partition coefficient (Wildman–Crippen LogP) is 3.29. The van der Waals surface area contributed by atoms with E-state index in [1.807, 2.05) is 13.0 Å². The maximum atomic E-state index is 9.73. The molecule has 0 bridgehead atoms. The van der Waals surface area contributed by atoms with Crippen LogP contribution in [0.2, 0.25) is 10.0 Å². The summed E-state index contributed by atoms with van der Waals surface area (Å²) in [6, 6.07) is 5.03. The Hall–Kier alpha value is -0.740. The topological polar surface area (TPSA) is 41.5 Å². The zero-order valence-electron chi connectivity index (χ0n) is 10.9. The third-order valence-corrected chi connectivity index (χ3v) is 3.18. The second-order valence-corrected chi connectivity index (χ2v) is 4.92. The highest BCUT2D eigenvalue weighted by Gasteiger charge is 2.06. The van der Waals surface area contributed by atoms with Crippen molar-refractivity contribution >= 4 is 23.2 Å². The van der Waals surface area contributed by atoms with Crippen LogP contribution >= 0.6 is 23.2 Å². The highest BCUT2D eigenvalue weighted by Crippen LogP contribution is 2.26. The van der Waals surface area contributed by atoms with Crippen LogP contribution in [-0.2, 0) is 0 Å². The van der Waals surface area contributed by atoms with Gasteiger partial charge in [0.2, 0.25) is 0 Å². The minimum Gasteiger partial charge on any atom is -0.491 e. The second-order valence-electron chi connectivity index (χ2n) is 4.10. The number of aliphatic hydroxyl groups excluding tert-OH is 1. The molecule has 0 aliphatic rings. The number of hydrogen-bond donors (Lipinski definition) is 2. The summed E-state index contributed by atoms with van der Waals surface area (Å²) < 4.78 is 5.43. The van der Waals surface area contributed by atoms with Crippen LogP contribution < -0.4 is 10.1 Å². The molecule has 0 amide bonds. The Morgan fingerprint density at radius 1 is 1.37 bits per heavy atom. The van der Waals surface area contributed by atoms with Gasteiger partial charge in [-0.25, -0.2) is 0 Å². The van der Waals surface area contributed by atoms with Crippen LogP contribution in [0.3, 0.4) is 0 Å². The van der Waals surface area contributed by atoms with Crippen LogP contribution in [0.1, 0.15) is 13.3 Å². The summed E-state index contributed by atoms with van der Waals surface area (Å²) in [5, 5.41) is 13.8. The lowest BCUT2D eigenvalue weighted by Crippen LogP contribution is -2.31. The molecule has 1 rings (SSSR count). The normalized spacial score (nSPS) is 12.8. The predicted molar refractivity (Wildman–Crippen MR) is 80.3 cm³/mol. The molecule has 0 aliphatic heterocycles. The molecule has 0 saturated carbocycles. The summed E-state index contributed by atoms with van der Waals surface area (Å²) in [5.74, 6) is 0.599. The van der Waals surface area contributed by atoms with Crippen LogP contribution in [0.4, 0.5) is 0 Å². The van der Waals surface area contributed by atoms with Crippen LogP contribution in [0.25, 0.3) is 0 Å². The van der Waals surface area contributed by atoms with E-state index in [-0.39, 0.29) is 6.61 Å². The fraction of sp³-hybridized carbons (Fsp3) is 0.429. The molecule has 2 N–H and O–H groups in total. The Bertz CT molecular complexity index is 410. The first kappa shape index (κ1) is 16.3. The van der Waals surface area contributed by atoms with Crippen molar-refractivity contribution in [3.05, 3.63) is 40.4 Å². The molecule has 0 aliphatic carbocycles. The van der Waals surface area contributed by atoms with Gasteiger partial charge in [0, 0.05) is 12.6 Å². The highest BCUT2D eigenvalue weighted by atomic mass is 35.5. The van der Waals surface area contributed by atoms with E-state index in [0.29, 0.717) is 22.3 Å². The Balaban J connectivity index is 2.22. The highest BCUT2D eigenvalue weighted by molar-refractivity contribution is 6.42. The largest absolute Gasteiger partial charge is 0.491 e. The summed E-state index contributed by atoms with van der Waals surface area (Å²) in [4.78, 5) is 0. The van der Waals surface area contributed by atoms with Crippen molar-refractivity contribution in [2.45, 2.75) is 19.4 Å². The molecule has 3 nitrogen and oxygen atoms in total. The van der Waals surface area contributed by atoms with Gasteiger partial charge in [-0.2, -0.15) is 0 Å². The molecule has 0 saturated heterocycles. The number of halogens is 2. The number of hydrogen-bond acceptors (Lipinski definition) is 3. The molecular formula is C14H19Cl2NO2. The van der Waals surface area contributed by atoms with E-state index >= 15 is 0 Å². The lowest BCUT2D eigenvalue weighted by molar-refractivity contribution is 0.107. The Morgan fingerprint density at radius 3 is 2.84 bits per heavy atom. The molecule has 0 radical (unpaired) electrons. The first-order chi connectivity index (χ1) is 9.13. The van der Waals surface area contributed by atoms with Crippen molar-refractivity contribution in [2.75, 3.05) is 19.7 Å². The molecule has 1 atom stereocenters. The molecule has 0 heterocycles. The van der Waals surface area contributed by atoms with E-state index in [1.165, 1.54) is 0 Å². The van der Waals surface area contributed by atoms with Gasteiger partial charge in [-0.15, -0.1) is 0 Å². The Morgan fingerprint density at radius 2 is 2.16 bits per heavy atom. The molecule has 1 unspecified atom stereocenters. The lowest BCUT2D eigenvalue weighted by Gasteiger charge is -2.13. The molecule has 1 aromatic rings. The second kappa shape index (κ2) is 9.21. The van der Waals surface area contributed by atoms with E-state index in [4.69, 9.17) is 27.9 Å². The van der Waals surface area contributed by atoms with Gasteiger partial charge in [-0.3, -0.25) is 0 Å². The third kappa shape index (κ3) is 6.83. The lowest BCUT2D eigenvalue weighted by atomic mass is 10.3. The minimum atomic E-state index is -0.556. The number of aliphatic hydroxyl groups is 1.